The molecule has 0 aromatic heterocycles. The first-order chi connectivity index (χ1) is 16.8. The van der Waals surface area contributed by atoms with Gasteiger partial charge in [-0.25, -0.2) is 10.6 Å². The van der Waals surface area contributed by atoms with Gasteiger partial charge in [0.1, 0.15) is 24.4 Å². The van der Waals surface area contributed by atoms with E-state index in [4.69, 9.17) is 22.0 Å². The van der Waals surface area contributed by atoms with Crippen LogP contribution >= 0.6 is 0 Å². The Labute approximate surface area is 202 Å². The van der Waals surface area contributed by atoms with Gasteiger partial charge >= 0.3 is 6.09 Å². The Morgan fingerprint density at radius 2 is 1.60 bits per heavy atom. The lowest BCUT2D eigenvalue weighted by Crippen LogP contribution is -2.55. The summed E-state index contributed by atoms with van der Waals surface area (Å²) in [7, 11) is 0. The summed E-state index contributed by atoms with van der Waals surface area (Å²) in [5.74, 6) is 4.00. The zero-order chi connectivity index (χ0) is 25.6. The van der Waals surface area contributed by atoms with Crippen molar-refractivity contribution >= 4 is 23.9 Å². The van der Waals surface area contributed by atoms with Gasteiger partial charge in [-0.05, 0) is 36.1 Å². The third-order valence-corrected chi connectivity index (χ3v) is 4.92. The van der Waals surface area contributed by atoms with Crippen LogP contribution in [0.25, 0.3) is 0 Å². The van der Waals surface area contributed by atoms with Crippen LogP contribution in [0.4, 0.5) is 4.79 Å². The normalized spacial score (nSPS) is 12.0. The number of hydrogen-bond acceptors (Lipinski definition) is 7. The molecule has 2 rings (SSSR count). The molecule has 0 fully saturated rings. The van der Waals surface area contributed by atoms with Crippen molar-refractivity contribution in [3.8, 4) is 5.75 Å². The zero-order valence-corrected chi connectivity index (χ0v) is 19.1. The number of nitrogens with two attached hydrogens (primary N) is 3. The molecule has 2 atom stereocenters. The number of ether oxygens (including phenoxy) is 1. The van der Waals surface area contributed by atoms with Crippen molar-refractivity contribution in [2.45, 2.75) is 38.0 Å². The van der Waals surface area contributed by atoms with Gasteiger partial charge in [0.2, 0.25) is 5.91 Å². The van der Waals surface area contributed by atoms with Crippen LogP contribution in [0.15, 0.2) is 59.6 Å². The lowest BCUT2D eigenvalue weighted by molar-refractivity contribution is -0.130. The van der Waals surface area contributed by atoms with Crippen molar-refractivity contribution in [2.24, 2.45) is 22.3 Å². The number of aliphatic imine (C=N–C) groups is 1. The first-order valence-electron chi connectivity index (χ1n) is 10.9. The second-order valence-corrected chi connectivity index (χ2v) is 7.65. The summed E-state index contributed by atoms with van der Waals surface area (Å²) < 4.78 is 5.23. The third-order valence-electron chi connectivity index (χ3n) is 4.92. The molecule has 3 amide bonds. The highest BCUT2D eigenvalue weighted by molar-refractivity contribution is 5.91. The van der Waals surface area contributed by atoms with Crippen LogP contribution in [0.3, 0.4) is 0 Å². The Bertz CT molecular complexity index is 995. The van der Waals surface area contributed by atoms with E-state index in [0.29, 0.717) is 12.0 Å². The van der Waals surface area contributed by atoms with Crippen LogP contribution in [-0.4, -0.2) is 47.6 Å². The topological polar surface area (TPSA) is 207 Å². The largest absolute Gasteiger partial charge is 0.508 e. The van der Waals surface area contributed by atoms with Gasteiger partial charge < -0.3 is 31.9 Å². The zero-order valence-electron chi connectivity index (χ0n) is 19.1. The standard InChI is InChI=1S/C23H31N7O5/c24-22(25)27-12-4-7-18(21(33)30-26)28-20(32)19(13-15-8-10-17(31)11-9-15)29-23(34)35-14-16-5-2-1-3-6-16/h1-3,5-6,8-11,18-19,31H,4,7,12-14,26H2,(H,28,32)(H,29,34)(H,30,33)(H4,24,25,27)/t18-,19-/m0/s1. The van der Waals surface area contributed by atoms with E-state index in [2.05, 4.69) is 15.6 Å². The molecule has 0 aliphatic heterocycles. The SMILES string of the molecule is NNC(=O)[C@H](CCCN=C(N)N)NC(=O)[C@H](Cc1ccc(O)cc1)NC(=O)OCc1ccccc1. The molecular weight excluding hydrogens is 454 g/mol. The number of alkyl carbamates (subject to hydrolysis) is 1. The van der Waals surface area contributed by atoms with Crippen molar-refractivity contribution in [3.05, 3.63) is 65.7 Å². The maximum atomic E-state index is 13.1. The van der Waals surface area contributed by atoms with Gasteiger partial charge in [0.25, 0.3) is 5.91 Å². The van der Waals surface area contributed by atoms with Gasteiger partial charge in [-0.2, -0.15) is 0 Å². The molecule has 0 heterocycles. The van der Waals surface area contributed by atoms with Crippen molar-refractivity contribution in [1.29, 1.82) is 0 Å². The summed E-state index contributed by atoms with van der Waals surface area (Å²) in [5.41, 5.74) is 14.1. The van der Waals surface area contributed by atoms with Crippen molar-refractivity contribution in [2.75, 3.05) is 6.54 Å². The molecule has 35 heavy (non-hydrogen) atoms. The quantitative estimate of drug-likeness (QED) is 0.0531. The molecule has 0 aliphatic rings. The number of aromatic hydroxyl groups is 1. The average molecular weight is 486 g/mol. The fraction of sp³-hybridized carbons (Fsp3) is 0.304. The summed E-state index contributed by atoms with van der Waals surface area (Å²) in [6.07, 6.45) is -0.126. The molecule has 0 unspecified atom stereocenters. The number of carbonyl (C=O) groups excluding carboxylic acids is 3. The van der Waals surface area contributed by atoms with E-state index >= 15 is 0 Å². The van der Waals surface area contributed by atoms with Crippen LogP contribution in [0.1, 0.15) is 24.0 Å². The summed E-state index contributed by atoms with van der Waals surface area (Å²) in [5, 5.41) is 14.7. The number of nitrogens with one attached hydrogen (secondary N) is 3. The number of hydrazine groups is 1. The molecule has 12 heteroatoms. The minimum Gasteiger partial charge on any atom is -0.508 e. The van der Waals surface area contributed by atoms with Gasteiger partial charge in [0.15, 0.2) is 5.96 Å². The molecule has 0 aliphatic carbocycles. The first-order valence-corrected chi connectivity index (χ1v) is 10.9. The van der Waals surface area contributed by atoms with Gasteiger partial charge in [-0.1, -0.05) is 42.5 Å². The number of rotatable bonds is 12. The Hall–Kier alpha value is -4.32. The number of benzene rings is 2. The number of hydrogen-bond donors (Lipinski definition) is 7. The molecule has 12 nitrogen and oxygen atoms in total. The second kappa shape index (κ2) is 14.1. The minimum atomic E-state index is -1.08. The van der Waals surface area contributed by atoms with Crippen LogP contribution < -0.4 is 33.4 Å². The molecular formula is C23H31N7O5. The van der Waals surface area contributed by atoms with Crippen LogP contribution in [0.2, 0.25) is 0 Å². The molecule has 10 N–H and O–H groups in total. The smallest absolute Gasteiger partial charge is 0.408 e. The third kappa shape index (κ3) is 10.0. The highest BCUT2D eigenvalue weighted by atomic mass is 16.5. The van der Waals surface area contributed by atoms with E-state index in [1.807, 2.05) is 23.6 Å². The predicted molar refractivity (Wildman–Crippen MR) is 130 cm³/mol. The molecule has 2 aromatic rings. The first kappa shape index (κ1) is 26.9. The van der Waals surface area contributed by atoms with Gasteiger partial charge in [0.05, 0.1) is 0 Å². The molecule has 0 saturated carbocycles. The maximum Gasteiger partial charge on any atom is 0.408 e. The van der Waals surface area contributed by atoms with E-state index < -0.39 is 30.0 Å². The summed E-state index contributed by atoms with van der Waals surface area (Å²) >= 11 is 0. The van der Waals surface area contributed by atoms with E-state index in [-0.39, 0.29) is 37.7 Å². The number of amides is 3. The highest BCUT2D eigenvalue weighted by Crippen LogP contribution is 2.12. The monoisotopic (exact) mass is 485 g/mol. The summed E-state index contributed by atoms with van der Waals surface area (Å²) in [4.78, 5) is 41.6. The molecule has 0 bridgehead atoms. The minimum absolute atomic E-state index is 0.0171. The predicted octanol–water partition coefficient (Wildman–Crippen LogP) is -0.242. The van der Waals surface area contributed by atoms with Crippen LogP contribution in [0, 0.1) is 0 Å². The van der Waals surface area contributed by atoms with Crippen molar-refractivity contribution < 1.29 is 24.2 Å². The fourth-order valence-electron chi connectivity index (χ4n) is 3.13. The Morgan fingerprint density at radius 1 is 0.914 bits per heavy atom. The Kier molecular flexibility index (Phi) is 10.8. The molecule has 2 aromatic carbocycles. The Morgan fingerprint density at radius 3 is 2.23 bits per heavy atom. The summed E-state index contributed by atoms with van der Waals surface area (Å²) in [6, 6.07) is 13.2. The molecule has 188 valence electrons. The molecule has 0 radical (unpaired) electrons. The average Bonchev–Trinajstić information content (AvgIpc) is 2.85. The number of nitrogens with zero attached hydrogens (tertiary/aromatic N) is 1. The highest BCUT2D eigenvalue weighted by Gasteiger charge is 2.27. The van der Waals surface area contributed by atoms with E-state index in [9.17, 15) is 19.5 Å². The van der Waals surface area contributed by atoms with E-state index in [0.717, 1.165) is 5.56 Å². The number of phenols is 1. The number of carbonyl (C=O) groups is 3. The second-order valence-electron chi connectivity index (χ2n) is 7.65. The van der Waals surface area contributed by atoms with Gasteiger partial charge in [-0.15, -0.1) is 0 Å². The fourth-order valence-corrected chi connectivity index (χ4v) is 3.13. The van der Waals surface area contributed by atoms with Gasteiger partial charge in [-0.3, -0.25) is 20.0 Å². The number of guanidine groups is 1. The summed E-state index contributed by atoms with van der Waals surface area (Å²) in [6.45, 7) is 0.275. The van der Waals surface area contributed by atoms with Gasteiger partial charge in [0, 0.05) is 13.0 Å². The maximum absolute atomic E-state index is 13.1. The Balaban J connectivity index is 2.08. The van der Waals surface area contributed by atoms with Crippen LogP contribution in [0.5, 0.6) is 5.75 Å². The lowest BCUT2D eigenvalue weighted by Gasteiger charge is -2.22. The molecule has 0 saturated heterocycles. The number of phenolic OH excluding ortho intramolecular Hbond substituents is 1. The molecule has 0 spiro atoms. The van der Waals surface area contributed by atoms with E-state index in [1.54, 1.807) is 24.3 Å². The van der Waals surface area contributed by atoms with Crippen molar-refractivity contribution in [1.82, 2.24) is 16.1 Å². The van der Waals surface area contributed by atoms with Crippen molar-refractivity contribution in [3.63, 3.8) is 0 Å². The lowest BCUT2D eigenvalue weighted by atomic mass is 10.0. The van der Waals surface area contributed by atoms with E-state index in [1.165, 1.54) is 12.1 Å². The van der Waals surface area contributed by atoms with Crippen LogP contribution in [-0.2, 0) is 27.4 Å².